The largest absolute Gasteiger partial charge is 0.298 e. The fourth-order valence-electron chi connectivity index (χ4n) is 4.08. The first-order chi connectivity index (χ1) is 7.75. The number of nitrogens with zero attached hydrogens (tertiary/aromatic N) is 1. The molecule has 0 radical (unpaired) electrons. The Morgan fingerprint density at radius 2 is 1.82 bits per heavy atom. The zero-order valence-corrected chi connectivity index (χ0v) is 12.2. The van der Waals surface area contributed by atoms with Crippen LogP contribution in [0.15, 0.2) is 0 Å². The monoisotopic (exact) mass is 237 g/mol. The lowest BCUT2D eigenvalue weighted by Gasteiger charge is -2.50. The number of ketones is 1. The molecule has 0 N–H and O–H groups in total. The number of carbonyl (C=O) groups is 1. The molecule has 98 valence electrons. The Labute approximate surface area is 106 Å². The van der Waals surface area contributed by atoms with Gasteiger partial charge < -0.3 is 0 Å². The van der Waals surface area contributed by atoms with Gasteiger partial charge in [0, 0.05) is 18.5 Å². The molecule has 0 aromatic heterocycles. The summed E-state index contributed by atoms with van der Waals surface area (Å²) in [6, 6.07) is 0.674. The van der Waals surface area contributed by atoms with Crippen LogP contribution in [0.1, 0.15) is 48.0 Å². The molecule has 1 aliphatic carbocycles. The van der Waals surface area contributed by atoms with E-state index in [-0.39, 0.29) is 12.0 Å². The quantitative estimate of drug-likeness (QED) is 0.752. The van der Waals surface area contributed by atoms with Crippen LogP contribution in [0.2, 0.25) is 0 Å². The lowest BCUT2D eigenvalue weighted by atomic mass is 9.54. The zero-order chi connectivity index (χ0) is 13.0. The minimum absolute atomic E-state index is 0.163. The van der Waals surface area contributed by atoms with E-state index in [1.54, 1.807) is 0 Å². The molecule has 2 nitrogen and oxygen atoms in total. The molecule has 0 aromatic carbocycles. The second kappa shape index (κ2) is 4.08. The van der Waals surface area contributed by atoms with Crippen molar-refractivity contribution < 1.29 is 4.79 Å². The molecule has 0 unspecified atom stereocenters. The molecular weight excluding hydrogens is 210 g/mol. The topological polar surface area (TPSA) is 20.3 Å². The van der Waals surface area contributed by atoms with Crippen molar-refractivity contribution in [2.45, 2.75) is 60.0 Å². The van der Waals surface area contributed by atoms with E-state index in [1.165, 1.54) is 6.42 Å². The Bertz CT molecular complexity index is 319. The molecule has 2 rings (SSSR count). The highest BCUT2D eigenvalue weighted by Gasteiger charge is 2.59. The van der Waals surface area contributed by atoms with Gasteiger partial charge in [-0.25, -0.2) is 0 Å². The van der Waals surface area contributed by atoms with Gasteiger partial charge in [-0.2, -0.15) is 0 Å². The molecule has 0 bridgehead atoms. The summed E-state index contributed by atoms with van der Waals surface area (Å²) in [5, 5.41) is 0. The van der Waals surface area contributed by atoms with Gasteiger partial charge >= 0.3 is 0 Å². The molecule has 2 heteroatoms. The maximum atomic E-state index is 12.5. The van der Waals surface area contributed by atoms with E-state index in [0.29, 0.717) is 23.2 Å². The lowest BCUT2D eigenvalue weighted by molar-refractivity contribution is -0.131. The molecule has 0 spiro atoms. The Hall–Kier alpha value is -0.370. The molecule has 1 heterocycles. The molecule has 2 fully saturated rings. The van der Waals surface area contributed by atoms with Crippen LogP contribution in [0, 0.1) is 23.2 Å². The van der Waals surface area contributed by atoms with Crippen LogP contribution in [0.5, 0.6) is 0 Å². The predicted molar refractivity (Wildman–Crippen MR) is 70.9 cm³/mol. The van der Waals surface area contributed by atoms with Crippen molar-refractivity contribution in [1.82, 2.24) is 4.90 Å². The van der Waals surface area contributed by atoms with Crippen molar-refractivity contribution in [2.75, 3.05) is 6.54 Å². The third-order valence-electron chi connectivity index (χ3n) is 4.87. The van der Waals surface area contributed by atoms with Gasteiger partial charge in [0.2, 0.25) is 0 Å². The van der Waals surface area contributed by atoms with Crippen molar-refractivity contribution >= 4 is 5.78 Å². The first-order valence-electron chi connectivity index (χ1n) is 7.05. The van der Waals surface area contributed by atoms with Crippen LogP contribution in [0.25, 0.3) is 0 Å². The molecule has 0 aromatic rings. The van der Waals surface area contributed by atoms with E-state index in [4.69, 9.17) is 0 Å². The number of hydrogen-bond donors (Lipinski definition) is 0. The van der Waals surface area contributed by atoms with Crippen molar-refractivity contribution in [3.8, 4) is 0 Å². The number of fused-ring (bicyclic) bond motifs is 1. The van der Waals surface area contributed by atoms with Crippen LogP contribution < -0.4 is 0 Å². The van der Waals surface area contributed by atoms with Gasteiger partial charge in [0.05, 0.1) is 6.04 Å². The van der Waals surface area contributed by atoms with Crippen molar-refractivity contribution in [1.29, 1.82) is 0 Å². The first-order valence-corrected chi connectivity index (χ1v) is 7.05. The lowest BCUT2D eigenvalue weighted by Crippen LogP contribution is -2.52. The van der Waals surface area contributed by atoms with E-state index in [0.717, 1.165) is 12.5 Å². The van der Waals surface area contributed by atoms with E-state index in [9.17, 15) is 4.79 Å². The van der Waals surface area contributed by atoms with Crippen LogP contribution >= 0.6 is 0 Å². The summed E-state index contributed by atoms with van der Waals surface area (Å²) < 4.78 is 0. The predicted octanol–water partition coefficient (Wildman–Crippen LogP) is 2.97. The average Bonchev–Trinajstić information content (AvgIpc) is 2.51. The summed E-state index contributed by atoms with van der Waals surface area (Å²) >= 11 is 0. The number of rotatable bonds is 3. The Morgan fingerprint density at radius 1 is 1.24 bits per heavy atom. The van der Waals surface area contributed by atoms with Gasteiger partial charge in [0.15, 0.2) is 5.78 Å². The van der Waals surface area contributed by atoms with E-state index in [2.05, 4.69) is 32.6 Å². The minimum Gasteiger partial charge on any atom is -0.298 e. The Balaban J connectivity index is 2.26. The van der Waals surface area contributed by atoms with Crippen molar-refractivity contribution in [2.24, 2.45) is 23.2 Å². The van der Waals surface area contributed by atoms with Crippen LogP contribution in [0.4, 0.5) is 0 Å². The van der Waals surface area contributed by atoms with Gasteiger partial charge in [-0.15, -0.1) is 0 Å². The van der Waals surface area contributed by atoms with E-state index in [1.807, 2.05) is 13.8 Å². The third kappa shape index (κ3) is 1.95. The number of carbonyl (C=O) groups excluding carboxylic acids is 1. The van der Waals surface area contributed by atoms with Crippen LogP contribution in [0.3, 0.4) is 0 Å². The Kier molecular flexibility index (Phi) is 3.14. The minimum atomic E-state index is 0.163. The van der Waals surface area contributed by atoms with Gasteiger partial charge in [-0.1, -0.05) is 27.7 Å². The second-order valence-electron chi connectivity index (χ2n) is 7.27. The molecule has 3 atom stereocenters. The highest BCUT2D eigenvalue weighted by molar-refractivity contribution is 5.86. The molecule has 2 aliphatic rings. The molecule has 0 amide bonds. The summed E-state index contributed by atoms with van der Waals surface area (Å²) in [5.74, 6) is 1.98. The summed E-state index contributed by atoms with van der Waals surface area (Å²) in [7, 11) is 0. The number of likely N-dealkylation sites (tertiary alicyclic amines) is 1. The fourth-order valence-corrected chi connectivity index (χ4v) is 4.08. The van der Waals surface area contributed by atoms with E-state index >= 15 is 0 Å². The summed E-state index contributed by atoms with van der Waals surface area (Å²) in [5.41, 5.74) is 0.365. The fraction of sp³-hybridized carbons (Fsp3) is 0.933. The highest BCUT2D eigenvalue weighted by Crippen LogP contribution is 2.57. The zero-order valence-electron chi connectivity index (χ0n) is 12.2. The normalized spacial score (nSPS) is 36.1. The summed E-state index contributed by atoms with van der Waals surface area (Å²) in [6.45, 7) is 14.3. The molecule has 17 heavy (non-hydrogen) atoms. The highest BCUT2D eigenvalue weighted by atomic mass is 16.1. The van der Waals surface area contributed by atoms with Gasteiger partial charge in [-0.3, -0.25) is 9.69 Å². The van der Waals surface area contributed by atoms with Crippen LogP contribution in [-0.4, -0.2) is 29.3 Å². The SMILES string of the molecule is CC(C)C(=O)[C@@H]1[C@@H]2[C@H](CN1C(C)C)CC2(C)C. The smallest absolute Gasteiger partial charge is 0.152 e. The van der Waals surface area contributed by atoms with Crippen molar-refractivity contribution in [3.63, 3.8) is 0 Å². The molecular formula is C15H27NO. The summed E-state index contributed by atoms with van der Waals surface area (Å²) in [4.78, 5) is 14.9. The van der Waals surface area contributed by atoms with Gasteiger partial charge in [0.1, 0.15) is 0 Å². The molecule has 1 saturated carbocycles. The summed E-state index contributed by atoms with van der Waals surface area (Å²) in [6.07, 6.45) is 1.29. The first kappa shape index (κ1) is 13.1. The second-order valence-corrected chi connectivity index (χ2v) is 7.27. The molecule has 1 aliphatic heterocycles. The molecule has 1 saturated heterocycles. The van der Waals surface area contributed by atoms with E-state index < -0.39 is 0 Å². The van der Waals surface area contributed by atoms with Crippen molar-refractivity contribution in [3.05, 3.63) is 0 Å². The standard InChI is InChI=1S/C15H27NO/c1-9(2)14(17)13-12-11(7-15(12,5)6)8-16(13)10(3)4/h9-13H,7-8H2,1-6H3/t11-,12-,13-/m0/s1. The third-order valence-corrected chi connectivity index (χ3v) is 4.87. The number of hydrogen-bond acceptors (Lipinski definition) is 2. The van der Waals surface area contributed by atoms with Crippen LogP contribution in [-0.2, 0) is 4.79 Å². The number of Topliss-reactive ketones (excluding diaryl/α,β-unsaturated/α-hetero) is 1. The van der Waals surface area contributed by atoms with Gasteiger partial charge in [0.25, 0.3) is 0 Å². The maximum Gasteiger partial charge on any atom is 0.152 e. The average molecular weight is 237 g/mol. The Morgan fingerprint density at radius 3 is 2.24 bits per heavy atom. The van der Waals surface area contributed by atoms with Gasteiger partial charge in [-0.05, 0) is 37.5 Å². The maximum absolute atomic E-state index is 12.5.